The van der Waals surface area contributed by atoms with Crippen molar-refractivity contribution < 1.29 is 35.5 Å². The molecule has 10 nitrogen and oxygen atoms in total. The predicted molar refractivity (Wildman–Crippen MR) is 101 cm³/mol. The molecule has 0 saturated heterocycles. The molecule has 2 aromatic carbocycles. The minimum atomic E-state index is -4.16. The van der Waals surface area contributed by atoms with Crippen LogP contribution in [-0.4, -0.2) is 37.8 Å². The van der Waals surface area contributed by atoms with Crippen LogP contribution in [0.15, 0.2) is 58.3 Å². The van der Waals surface area contributed by atoms with E-state index in [1.54, 1.807) is 0 Å². The Morgan fingerprint density at radius 2 is 0.893 bits per heavy atom. The van der Waals surface area contributed by atoms with Crippen molar-refractivity contribution in [1.82, 2.24) is 0 Å². The van der Waals surface area contributed by atoms with E-state index in [1.807, 2.05) is 0 Å². The molecule has 0 fully saturated rings. The zero-order chi connectivity index (χ0) is 21.5. The third-order valence-corrected chi connectivity index (χ3v) is 4.68. The molecule has 2 aromatic rings. The van der Waals surface area contributed by atoms with Crippen LogP contribution < -0.4 is 10.6 Å². The van der Waals surface area contributed by atoms with Gasteiger partial charge in [-0.2, -0.15) is 16.8 Å². The molecule has 0 aliphatic rings. The molecular formula is C16H18N2O8S2. The van der Waals surface area contributed by atoms with Crippen molar-refractivity contribution in [3.8, 4) is 0 Å². The number of benzene rings is 2. The standard InChI is InChI=1S/2C8H9NO4S/c2*1-6(10)9-7-2-4-8(5-3-7)14(11,12)13/h2*2-5H,1H3,(H,9,10)(H,11,12,13). The van der Waals surface area contributed by atoms with Crippen LogP contribution in [0.3, 0.4) is 0 Å². The maximum atomic E-state index is 10.6. The lowest BCUT2D eigenvalue weighted by Gasteiger charge is -2.01. The molecule has 4 N–H and O–H groups in total. The third-order valence-electron chi connectivity index (χ3n) is 2.95. The zero-order valence-electron chi connectivity index (χ0n) is 14.8. The van der Waals surface area contributed by atoms with Crippen molar-refractivity contribution in [3.63, 3.8) is 0 Å². The molecule has 0 unspecified atom stereocenters. The first-order chi connectivity index (χ1) is 12.8. The molecule has 0 aliphatic heterocycles. The normalized spacial score (nSPS) is 11.0. The molecule has 12 heteroatoms. The molecule has 0 aliphatic carbocycles. The Morgan fingerprint density at radius 1 is 0.643 bits per heavy atom. The van der Waals surface area contributed by atoms with Crippen molar-refractivity contribution in [2.24, 2.45) is 0 Å². The van der Waals surface area contributed by atoms with Crippen LogP contribution in [0.4, 0.5) is 11.4 Å². The fourth-order valence-corrected chi connectivity index (χ4v) is 2.79. The molecule has 2 amide bonds. The molecule has 0 spiro atoms. The summed E-state index contributed by atoms with van der Waals surface area (Å²) in [6.45, 7) is 2.69. The highest BCUT2D eigenvalue weighted by Crippen LogP contribution is 2.14. The average molecular weight is 430 g/mol. The topological polar surface area (TPSA) is 167 Å². The summed E-state index contributed by atoms with van der Waals surface area (Å²) in [6, 6.07) is 10.4. The van der Waals surface area contributed by atoms with Crippen molar-refractivity contribution in [3.05, 3.63) is 48.5 Å². The second-order valence-electron chi connectivity index (χ2n) is 5.36. The SMILES string of the molecule is CC(=O)Nc1ccc(S(=O)(=O)O)cc1.CC(=O)Nc1ccc(S(=O)(=O)O)cc1. The number of amides is 2. The molecule has 0 radical (unpaired) electrons. The number of carbonyl (C=O) groups excluding carboxylic acids is 2. The first kappa shape index (κ1) is 23.2. The summed E-state index contributed by atoms with van der Waals surface area (Å²) < 4.78 is 59.8. The summed E-state index contributed by atoms with van der Waals surface area (Å²) in [5, 5.41) is 4.94. The quantitative estimate of drug-likeness (QED) is 0.532. The third kappa shape index (κ3) is 8.26. The lowest BCUT2D eigenvalue weighted by atomic mass is 10.3. The van der Waals surface area contributed by atoms with E-state index < -0.39 is 20.2 Å². The van der Waals surface area contributed by atoms with Gasteiger partial charge in [-0.3, -0.25) is 18.7 Å². The van der Waals surface area contributed by atoms with Crippen LogP contribution in [0.2, 0.25) is 0 Å². The van der Waals surface area contributed by atoms with Crippen LogP contribution in [0.5, 0.6) is 0 Å². The van der Waals surface area contributed by atoms with E-state index in [2.05, 4.69) is 10.6 Å². The second kappa shape index (κ2) is 9.41. The molecule has 0 aromatic heterocycles. The van der Waals surface area contributed by atoms with Gasteiger partial charge in [0.25, 0.3) is 20.2 Å². The van der Waals surface area contributed by atoms with E-state index >= 15 is 0 Å². The Hall–Kier alpha value is -2.80. The smallest absolute Gasteiger partial charge is 0.294 e. The van der Waals surface area contributed by atoms with Crippen molar-refractivity contribution >= 4 is 43.4 Å². The zero-order valence-corrected chi connectivity index (χ0v) is 16.4. The summed E-state index contributed by atoms with van der Waals surface area (Å²) in [4.78, 5) is 20.8. The lowest BCUT2D eigenvalue weighted by Crippen LogP contribution is -2.06. The van der Waals surface area contributed by atoms with Crippen LogP contribution in [0.25, 0.3) is 0 Å². The molecule has 0 saturated carbocycles. The minimum absolute atomic E-state index is 0.202. The predicted octanol–water partition coefficient (Wildman–Crippen LogP) is 1.78. The van der Waals surface area contributed by atoms with E-state index in [0.29, 0.717) is 11.4 Å². The van der Waals surface area contributed by atoms with Gasteiger partial charge in [-0.15, -0.1) is 0 Å². The van der Waals surface area contributed by atoms with Crippen molar-refractivity contribution in [2.75, 3.05) is 10.6 Å². The van der Waals surface area contributed by atoms with Gasteiger partial charge < -0.3 is 10.6 Å². The Morgan fingerprint density at radius 3 is 1.07 bits per heavy atom. The molecule has 152 valence electrons. The fraction of sp³-hybridized carbons (Fsp3) is 0.125. The summed E-state index contributed by atoms with van der Waals surface area (Å²) in [6.07, 6.45) is 0. The number of hydrogen-bond acceptors (Lipinski definition) is 6. The van der Waals surface area contributed by atoms with Gasteiger partial charge in [0, 0.05) is 25.2 Å². The van der Waals surface area contributed by atoms with Gasteiger partial charge in [0.1, 0.15) is 0 Å². The Balaban J connectivity index is 0.000000280. The van der Waals surface area contributed by atoms with E-state index in [4.69, 9.17) is 9.11 Å². The summed E-state index contributed by atoms with van der Waals surface area (Å²) in [5.41, 5.74) is 0.954. The summed E-state index contributed by atoms with van der Waals surface area (Å²) in [5.74, 6) is -0.491. The van der Waals surface area contributed by atoms with Gasteiger partial charge in [-0.1, -0.05) is 0 Å². The maximum absolute atomic E-state index is 10.6. The van der Waals surface area contributed by atoms with E-state index in [0.717, 1.165) is 0 Å². The average Bonchev–Trinajstić information content (AvgIpc) is 2.53. The molecule has 0 atom stereocenters. The van der Waals surface area contributed by atoms with E-state index in [9.17, 15) is 26.4 Å². The Kier molecular flexibility index (Phi) is 7.81. The highest BCUT2D eigenvalue weighted by Gasteiger charge is 2.09. The first-order valence-corrected chi connectivity index (χ1v) is 10.4. The van der Waals surface area contributed by atoms with Gasteiger partial charge in [-0.25, -0.2) is 0 Å². The van der Waals surface area contributed by atoms with Crippen LogP contribution in [-0.2, 0) is 29.8 Å². The van der Waals surface area contributed by atoms with Gasteiger partial charge >= 0.3 is 0 Å². The Bertz CT molecular complexity index is 957. The van der Waals surface area contributed by atoms with Gasteiger partial charge in [0.2, 0.25) is 11.8 Å². The van der Waals surface area contributed by atoms with E-state index in [-0.39, 0.29) is 21.6 Å². The number of carbonyl (C=O) groups is 2. The second-order valence-corrected chi connectivity index (χ2v) is 8.20. The van der Waals surface area contributed by atoms with Crippen LogP contribution >= 0.6 is 0 Å². The van der Waals surface area contributed by atoms with Gasteiger partial charge in [0.05, 0.1) is 9.79 Å². The highest BCUT2D eigenvalue weighted by atomic mass is 32.2. The van der Waals surface area contributed by atoms with Gasteiger partial charge in [-0.05, 0) is 48.5 Å². The number of anilines is 2. The summed E-state index contributed by atoms with van der Waals surface area (Å²) >= 11 is 0. The molecule has 0 bridgehead atoms. The van der Waals surface area contributed by atoms with Crippen molar-refractivity contribution in [1.29, 1.82) is 0 Å². The lowest BCUT2D eigenvalue weighted by molar-refractivity contribution is -0.115. The fourth-order valence-electron chi connectivity index (χ4n) is 1.83. The van der Waals surface area contributed by atoms with Crippen molar-refractivity contribution in [2.45, 2.75) is 23.6 Å². The molecule has 2 rings (SSSR count). The number of hydrogen-bond donors (Lipinski definition) is 4. The maximum Gasteiger partial charge on any atom is 0.294 e. The highest BCUT2D eigenvalue weighted by molar-refractivity contribution is 7.86. The largest absolute Gasteiger partial charge is 0.326 e. The number of nitrogens with one attached hydrogen (secondary N) is 2. The summed E-state index contributed by atoms with van der Waals surface area (Å²) in [7, 11) is -8.32. The van der Waals surface area contributed by atoms with Crippen LogP contribution in [0, 0.1) is 0 Å². The van der Waals surface area contributed by atoms with Gasteiger partial charge in [0.15, 0.2) is 0 Å². The minimum Gasteiger partial charge on any atom is -0.326 e. The van der Waals surface area contributed by atoms with Crippen LogP contribution in [0.1, 0.15) is 13.8 Å². The number of rotatable bonds is 4. The van der Waals surface area contributed by atoms with E-state index in [1.165, 1.54) is 62.4 Å². The Labute approximate surface area is 162 Å². The molecule has 0 heterocycles. The molecule has 28 heavy (non-hydrogen) atoms. The molecular weight excluding hydrogens is 412 g/mol. The first-order valence-electron chi connectivity index (χ1n) is 7.49. The monoisotopic (exact) mass is 430 g/mol.